The minimum absolute atomic E-state index is 0.0353. The Morgan fingerprint density at radius 1 is 1.03 bits per heavy atom. The number of carbonyl (C=O) groups excluding carboxylic acids is 1. The van der Waals surface area contributed by atoms with E-state index in [0.717, 1.165) is 0 Å². The predicted octanol–water partition coefficient (Wildman–Crippen LogP) is 2.43. The van der Waals surface area contributed by atoms with Gasteiger partial charge in [0.2, 0.25) is 0 Å². The molecule has 29 heavy (non-hydrogen) atoms. The van der Waals surface area contributed by atoms with Gasteiger partial charge in [0.15, 0.2) is 5.60 Å². The number of nitrogens with zero attached hydrogens (tertiary/aromatic N) is 1. The Kier molecular flexibility index (Phi) is 5.61. The number of hydrazone groups is 1. The first-order chi connectivity index (χ1) is 13.8. The van der Waals surface area contributed by atoms with Crippen molar-refractivity contribution >= 4 is 11.6 Å². The summed E-state index contributed by atoms with van der Waals surface area (Å²) in [6, 6.07) is 18.2. The average molecular weight is 392 g/mol. The summed E-state index contributed by atoms with van der Waals surface area (Å²) in [5, 5.41) is 25.3. The van der Waals surface area contributed by atoms with E-state index in [9.17, 15) is 19.8 Å². The second-order valence-electron chi connectivity index (χ2n) is 6.49. The highest BCUT2D eigenvalue weighted by Crippen LogP contribution is 2.29. The van der Waals surface area contributed by atoms with Crippen LogP contribution in [0.3, 0.4) is 0 Å². The molecular weight excluding hydrogens is 372 g/mol. The second-order valence-corrected chi connectivity index (χ2v) is 6.49. The molecule has 148 valence electrons. The van der Waals surface area contributed by atoms with Crippen molar-refractivity contribution < 1.29 is 19.4 Å². The lowest BCUT2D eigenvalue weighted by Gasteiger charge is -2.27. The van der Waals surface area contributed by atoms with Gasteiger partial charge in [-0.15, -0.1) is 0 Å². The van der Waals surface area contributed by atoms with E-state index in [-0.39, 0.29) is 22.8 Å². The first-order valence-corrected chi connectivity index (χ1v) is 8.86. The van der Waals surface area contributed by atoms with E-state index < -0.39 is 17.1 Å². The van der Waals surface area contributed by atoms with Crippen molar-refractivity contribution in [3.05, 3.63) is 99.6 Å². The SMILES string of the molecule is C/C(=N/NC(=O)C(O)(c1ccccc1)c1ccccc1)c1c(O)cc(C)oc1=O. The Morgan fingerprint density at radius 2 is 1.55 bits per heavy atom. The monoisotopic (exact) mass is 392 g/mol. The van der Waals surface area contributed by atoms with Gasteiger partial charge in [-0.05, 0) is 25.0 Å². The summed E-state index contributed by atoms with van der Waals surface area (Å²) in [7, 11) is 0. The van der Waals surface area contributed by atoms with E-state index in [1.165, 1.54) is 19.9 Å². The molecule has 7 nitrogen and oxygen atoms in total. The Bertz CT molecular complexity index is 1070. The van der Waals surface area contributed by atoms with Crippen molar-refractivity contribution in [3.63, 3.8) is 0 Å². The molecule has 2 aromatic carbocycles. The Labute approximate surface area is 167 Å². The van der Waals surface area contributed by atoms with Crippen LogP contribution >= 0.6 is 0 Å². The number of amides is 1. The molecule has 1 heterocycles. The van der Waals surface area contributed by atoms with Crippen LogP contribution in [0.2, 0.25) is 0 Å². The quantitative estimate of drug-likeness (QED) is 0.456. The standard InChI is InChI=1S/C22H20N2O5/c1-14-13-18(25)19(20(26)29-14)15(2)23-24-21(27)22(28,16-9-5-3-6-10-16)17-11-7-4-8-12-17/h3-13,25,28H,1-2H3,(H,24,27)/b23-15-. The summed E-state index contributed by atoms with van der Waals surface area (Å²) >= 11 is 0. The molecule has 0 aliphatic heterocycles. The van der Waals surface area contributed by atoms with Gasteiger partial charge in [-0.1, -0.05) is 60.7 Å². The maximum atomic E-state index is 13.0. The van der Waals surface area contributed by atoms with Crippen molar-refractivity contribution in [1.82, 2.24) is 5.43 Å². The number of aryl methyl sites for hydroxylation is 1. The third-order valence-electron chi connectivity index (χ3n) is 4.45. The van der Waals surface area contributed by atoms with Crippen LogP contribution in [0.4, 0.5) is 0 Å². The molecule has 0 unspecified atom stereocenters. The van der Waals surface area contributed by atoms with E-state index in [1.807, 2.05) is 0 Å². The van der Waals surface area contributed by atoms with E-state index >= 15 is 0 Å². The van der Waals surface area contributed by atoms with Gasteiger partial charge in [0.25, 0.3) is 5.91 Å². The normalized spacial score (nSPS) is 11.9. The van der Waals surface area contributed by atoms with Crippen molar-refractivity contribution in [2.24, 2.45) is 5.10 Å². The lowest BCUT2D eigenvalue weighted by Crippen LogP contribution is -2.44. The lowest BCUT2D eigenvalue weighted by molar-refractivity contribution is -0.136. The van der Waals surface area contributed by atoms with Gasteiger partial charge < -0.3 is 14.6 Å². The summed E-state index contributed by atoms with van der Waals surface area (Å²) in [6.07, 6.45) is 0. The predicted molar refractivity (Wildman–Crippen MR) is 108 cm³/mol. The maximum absolute atomic E-state index is 13.0. The minimum atomic E-state index is -2.01. The Balaban J connectivity index is 1.98. The molecule has 0 aliphatic carbocycles. The zero-order valence-electron chi connectivity index (χ0n) is 15.9. The zero-order valence-corrected chi connectivity index (χ0v) is 15.9. The molecule has 1 aromatic heterocycles. The molecule has 3 rings (SSSR count). The van der Waals surface area contributed by atoms with Gasteiger partial charge in [0.1, 0.15) is 17.1 Å². The summed E-state index contributed by atoms with van der Waals surface area (Å²) in [5.74, 6) is -0.878. The second kappa shape index (κ2) is 8.12. The molecule has 0 saturated heterocycles. The van der Waals surface area contributed by atoms with Crippen LogP contribution in [0.1, 0.15) is 29.4 Å². The van der Waals surface area contributed by atoms with Gasteiger partial charge in [0, 0.05) is 6.07 Å². The Morgan fingerprint density at radius 3 is 2.03 bits per heavy atom. The van der Waals surface area contributed by atoms with Crippen LogP contribution in [0, 0.1) is 6.92 Å². The van der Waals surface area contributed by atoms with E-state index in [0.29, 0.717) is 11.1 Å². The molecule has 0 radical (unpaired) electrons. The highest BCUT2D eigenvalue weighted by Gasteiger charge is 2.40. The Hall–Kier alpha value is -3.71. The molecule has 1 amide bonds. The lowest BCUT2D eigenvalue weighted by atomic mass is 9.85. The van der Waals surface area contributed by atoms with Crippen molar-refractivity contribution in [2.45, 2.75) is 19.4 Å². The molecule has 7 heteroatoms. The smallest absolute Gasteiger partial charge is 0.348 e. The number of aliphatic hydroxyl groups is 1. The number of benzene rings is 2. The molecular formula is C22H20N2O5. The number of hydrogen-bond donors (Lipinski definition) is 3. The van der Waals surface area contributed by atoms with E-state index in [4.69, 9.17) is 4.42 Å². The molecule has 3 N–H and O–H groups in total. The third-order valence-corrected chi connectivity index (χ3v) is 4.45. The number of hydrogen-bond acceptors (Lipinski definition) is 6. The van der Waals surface area contributed by atoms with Gasteiger partial charge >= 0.3 is 5.63 Å². The van der Waals surface area contributed by atoms with Crippen LogP contribution < -0.4 is 11.1 Å². The average Bonchev–Trinajstić information content (AvgIpc) is 2.72. The van der Waals surface area contributed by atoms with Crippen LogP contribution in [0.25, 0.3) is 0 Å². The highest BCUT2D eigenvalue weighted by molar-refractivity contribution is 6.01. The molecule has 0 aliphatic rings. The zero-order chi connectivity index (χ0) is 21.0. The fraction of sp³-hybridized carbons (Fsp3) is 0.136. The fourth-order valence-electron chi connectivity index (χ4n) is 2.99. The number of nitrogens with one attached hydrogen (secondary N) is 1. The summed E-state index contributed by atoms with van der Waals surface area (Å²) in [6.45, 7) is 2.96. The first-order valence-electron chi connectivity index (χ1n) is 8.86. The van der Waals surface area contributed by atoms with Gasteiger partial charge in [0.05, 0.1) is 5.71 Å². The fourth-order valence-corrected chi connectivity index (χ4v) is 2.99. The van der Waals surface area contributed by atoms with Crippen molar-refractivity contribution in [2.75, 3.05) is 0 Å². The maximum Gasteiger partial charge on any atom is 0.348 e. The molecule has 0 bridgehead atoms. The molecule has 3 aromatic rings. The largest absolute Gasteiger partial charge is 0.507 e. The highest BCUT2D eigenvalue weighted by atomic mass is 16.4. The molecule has 0 spiro atoms. The topological polar surface area (TPSA) is 112 Å². The van der Waals surface area contributed by atoms with Gasteiger partial charge in [-0.25, -0.2) is 10.2 Å². The van der Waals surface area contributed by atoms with Gasteiger partial charge in [-0.2, -0.15) is 5.10 Å². The van der Waals surface area contributed by atoms with Crippen LogP contribution in [-0.4, -0.2) is 21.8 Å². The van der Waals surface area contributed by atoms with Crippen LogP contribution in [0.5, 0.6) is 5.75 Å². The molecule has 0 saturated carbocycles. The van der Waals surface area contributed by atoms with Crippen LogP contribution in [0.15, 0.2) is 81.0 Å². The van der Waals surface area contributed by atoms with E-state index in [2.05, 4.69) is 10.5 Å². The molecule has 0 atom stereocenters. The summed E-state index contributed by atoms with van der Waals surface area (Å²) in [4.78, 5) is 25.0. The van der Waals surface area contributed by atoms with Gasteiger partial charge in [-0.3, -0.25) is 4.79 Å². The first kappa shape index (κ1) is 20.0. The minimum Gasteiger partial charge on any atom is -0.507 e. The van der Waals surface area contributed by atoms with E-state index in [1.54, 1.807) is 60.7 Å². The van der Waals surface area contributed by atoms with Crippen molar-refractivity contribution in [1.29, 1.82) is 0 Å². The van der Waals surface area contributed by atoms with Crippen molar-refractivity contribution in [3.8, 4) is 5.75 Å². The summed E-state index contributed by atoms with van der Waals surface area (Å²) in [5.41, 5.74) is 0.0880. The summed E-state index contributed by atoms with van der Waals surface area (Å²) < 4.78 is 4.96. The number of carbonyl (C=O) groups is 1. The number of rotatable bonds is 5. The number of aromatic hydroxyl groups is 1. The van der Waals surface area contributed by atoms with Crippen LogP contribution in [-0.2, 0) is 10.4 Å². The third kappa shape index (κ3) is 3.95. The molecule has 0 fully saturated rings.